The second-order valence-corrected chi connectivity index (χ2v) is 5.14. The number of ether oxygens (including phenoxy) is 2. The van der Waals surface area contributed by atoms with Crippen LogP contribution >= 0.6 is 0 Å². The van der Waals surface area contributed by atoms with Crippen LogP contribution in [0.3, 0.4) is 0 Å². The summed E-state index contributed by atoms with van der Waals surface area (Å²) in [5.41, 5.74) is 2.17. The fourth-order valence-electron chi connectivity index (χ4n) is 2.53. The minimum absolute atomic E-state index is 0.287. The van der Waals surface area contributed by atoms with Crippen molar-refractivity contribution in [3.05, 3.63) is 53.9 Å². The van der Waals surface area contributed by atoms with Crippen LogP contribution in [0.1, 0.15) is 24.6 Å². The first-order chi connectivity index (χ1) is 10.3. The second-order valence-electron chi connectivity index (χ2n) is 5.14. The molecular formula is C17H20N2O2. The smallest absolute Gasteiger partial charge is 0.233 e. The van der Waals surface area contributed by atoms with E-state index in [1.54, 1.807) is 7.11 Å². The molecule has 3 rings (SSSR count). The lowest BCUT2D eigenvalue weighted by Gasteiger charge is -2.12. The molecule has 1 aliphatic heterocycles. The Balaban J connectivity index is 1.86. The highest BCUT2D eigenvalue weighted by molar-refractivity contribution is 5.93. The van der Waals surface area contributed by atoms with Crippen molar-refractivity contribution >= 4 is 5.90 Å². The Morgan fingerprint density at radius 1 is 1.29 bits per heavy atom. The maximum atomic E-state index is 5.73. The Kier molecular flexibility index (Phi) is 3.95. The van der Waals surface area contributed by atoms with Gasteiger partial charge in [-0.05, 0) is 24.6 Å². The molecule has 0 spiro atoms. The van der Waals surface area contributed by atoms with Crippen LogP contribution in [-0.4, -0.2) is 30.2 Å². The number of aliphatic imine (C=N–C) groups is 1. The molecule has 0 saturated heterocycles. The molecule has 2 aromatic rings. The average molecular weight is 284 g/mol. The highest BCUT2D eigenvalue weighted by Gasteiger charge is 2.21. The molecule has 0 radical (unpaired) electrons. The van der Waals surface area contributed by atoms with E-state index >= 15 is 0 Å². The Morgan fingerprint density at radius 2 is 2.14 bits per heavy atom. The van der Waals surface area contributed by atoms with Crippen LogP contribution in [0, 0.1) is 0 Å². The summed E-state index contributed by atoms with van der Waals surface area (Å²) >= 11 is 0. The van der Waals surface area contributed by atoms with E-state index in [4.69, 9.17) is 9.47 Å². The number of hydrogen-bond acceptors (Lipinski definition) is 3. The minimum Gasteiger partial charge on any atom is -0.496 e. The summed E-state index contributed by atoms with van der Waals surface area (Å²) in [5.74, 6) is 1.65. The van der Waals surface area contributed by atoms with E-state index in [0.29, 0.717) is 6.61 Å². The summed E-state index contributed by atoms with van der Waals surface area (Å²) in [6, 6.07) is 12.4. The maximum Gasteiger partial charge on any atom is 0.233 e. The van der Waals surface area contributed by atoms with Gasteiger partial charge in [0.1, 0.15) is 18.1 Å². The summed E-state index contributed by atoms with van der Waals surface area (Å²) in [6.45, 7) is 3.56. The normalized spacial score (nSPS) is 17.4. The first-order valence-corrected chi connectivity index (χ1v) is 7.29. The van der Waals surface area contributed by atoms with Crippen molar-refractivity contribution < 1.29 is 9.47 Å². The van der Waals surface area contributed by atoms with Gasteiger partial charge >= 0.3 is 0 Å². The minimum atomic E-state index is 0.287. The molecule has 2 heterocycles. The molecule has 0 N–H and O–H groups in total. The van der Waals surface area contributed by atoms with E-state index in [1.807, 2.05) is 36.5 Å². The lowest BCUT2D eigenvalue weighted by Crippen LogP contribution is -2.11. The Morgan fingerprint density at radius 3 is 2.90 bits per heavy atom. The van der Waals surface area contributed by atoms with Crippen LogP contribution < -0.4 is 4.74 Å². The monoisotopic (exact) mass is 284 g/mol. The van der Waals surface area contributed by atoms with Gasteiger partial charge in [-0.25, -0.2) is 4.99 Å². The summed E-state index contributed by atoms with van der Waals surface area (Å²) in [4.78, 5) is 4.64. The zero-order valence-electron chi connectivity index (χ0n) is 12.5. The molecule has 21 heavy (non-hydrogen) atoms. The molecule has 0 unspecified atom stereocenters. The number of methoxy groups -OCH3 is 1. The summed E-state index contributed by atoms with van der Waals surface area (Å²) in [5, 5.41) is 0. The molecular weight excluding hydrogens is 264 g/mol. The summed E-state index contributed by atoms with van der Waals surface area (Å²) < 4.78 is 13.3. The largest absolute Gasteiger partial charge is 0.496 e. The van der Waals surface area contributed by atoms with Gasteiger partial charge in [-0.2, -0.15) is 0 Å². The summed E-state index contributed by atoms with van der Waals surface area (Å²) in [7, 11) is 1.70. The third-order valence-corrected chi connectivity index (χ3v) is 3.77. The van der Waals surface area contributed by atoms with E-state index in [0.717, 1.165) is 35.9 Å². The van der Waals surface area contributed by atoms with Gasteiger partial charge in [-0.1, -0.05) is 25.1 Å². The predicted octanol–water partition coefficient (Wildman–Crippen LogP) is 3.10. The zero-order valence-corrected chi connectivity index (χ0v) is 12.5. The highest BCUT2D eigenvalue weighted by Crippen LogP contribution is 2.21. The number of rotatable bonds is 5. The van der Waals surface area contributed by atoms with Gasteiger partial charge in [0.05, 0.1) is 19.7 Å². The van der Waals surface area contributed by atoms with Crippen LogP contribution in [0.4, 0.5) is 0 Å². The van der Waals surface area contributed by atoms with Crippen molar-refractivity contribution in [2.75, 3.05) is 13.7 Å². The van der Waals surface area contributed by atoms with E-state index in [9.17, 15) is 0 Å². The van der Waals surface area contributed by atoms with Gasteiger partial charge in [-0.3, -0.25) is 0 Å². The van der Waals surface area contributed by atoms with Crippen molar-refractivity contribution in [2.45, 2.75) is 25.9 Å². The van der Waals surface area contributed by atoms with Gasteiger partial charge in [0.25, 0.3) is 0 Å². The lowest BCUT2D eigenvalue weighted by atomic mass is 10.2. The van der Waals surface area contributed by atoms with E-state index in [1.165, 1.54) is 0 Å². The van der Waals surface area contributed by atoms with Gasteiger partial charge in [0, 0.05) is 11.8 Å². The molecule has 0 amide bonds. The molecule has 1 aliphatic rings. The topological polar surface area (TPSA) is 35.8 Å². The fourth-order valence-corrected chi connectivity index (χ4v) is 2.53. The molecule has 0 saturated carbocycles. The fraction of sp³-hybridized carbons (Fsp3) is 0.353. The molecule has 110 valence electrons. The first-order valence-electron chi connectivity index (χ1n) is 7.29. The molecule has 4 nitrogen and oxygen atoms in total. The van der Waals surface area contributed by atoms with E-state index < -0.39 is 0 Å². The highest BCUT2D eigenvalue weighted by atomic mass is 16.5. The third-order valence-electron chi connectivity index (χ3n) is 3.77. The number of nitrogens with zero attached hydrogens (tertiary/aromatic N) is 2. The van der Waals surface area contributed by atoms with Crippen LogP contribution in [0.2, 0.25) is 0 Å². The van der Waals surface area contributed by atoms with E-state index in [2.05, 4.69) is 22.5 Å². The van der Waals surface area contributed by atoms with Crippen molar-refractivity contribution in [2.24, 2.45) is 4.99 Å². The summed E-state index contributed by atoms with van der Waals surface area (Å²) in [6.07, 6.45) is 3.06. The molecule has 0 aliphatic carbocycles. The molecule has 1 atom stereocenters. The molecule has 1 aromatic carbocycles. The number of hydrogen-bond donors (Lipinski definition) is 0. The van der Waals surface area contributed by atoms with Crippen LogP contribution in [0.5, 0.6) is 5.75 Å². The first kappa shape index (κ1) is 13.7. The number of aromatic nitrogens is 1. The Bertz CT molecular complexity index is 646. The quantitative estimate of drug-likeness (QED) is 0.845. The van der Waals surface area contributed by atoms with Crippen molar-refractivity contribution in [3.8, 4) is 5.75 Å². The predicted molar refractivity (Wildman–Crippen MR) is 83.1 cm³/mol. The average Bonchev–Trinajstić information content (AvgIpc) is 3.16. The Labute approximate surface area is 125 Å². The number of benzene rings is 1. The molecule has 1 aromatic heterocycles. The van der Waals surface area contributed by atoms with Crippen LogP contribution in [-0.2, 0) is 11.3 Å². The van der Waals surface area contributed by atoms with Crippen molar-refractivity contribution in [1.82, 2.24) is 4.57 Å². The molecule has 0 bridgehead atoms. The molecule has 0 fully saturated rings. The van der Waals surface area contributed by atoms with Crippen molar-refractivity contribution in [3.63, 3.8) is 0 Å². The Hall–Kier alpha value is -2.23. The van der Waals surface area contributed by atoms with Gasteiger partial charge in [0.2, 0.25) is 5.90 Å². The lowest BCUT2D eigenvalue weighted by molar-refractivity contribution is 0.313. The number of para-hydroxylation sites is 1. The third kappa shape index (κ3) is 2.79. The van der Waals surface area contributed by atoms with Crippen LogP contribution in [0.15, 0.2) is 47.6 Å². The van der Waals surface area contributed by atoms with Gasteiger partial charge in [0.15, 0.2) is 0 Å². The zero-order chi connectivity index (χ0) is 14.7. The van der Waals surface area contributed by atoms with Crippen molar-refractivity contribution in [1.29, 1.82) is 0 Å². The van der Waals surface area contributed by atoms with Gasteiger partial charge < -0.3 is 14.0 Å². The molecule has 4 heteroatoms. The van der Waals surface area contributed by atoms with Gasteiger partial charge in [-0.15, -0.1) is 0 Å². The standard InChI is InChI=1S/C17H20N2O2/c1-3-14-12-21-17(18-14)15-8-6-10-19(15)11-13-7-4-5-9-16(13)20-2/h4-10,14H,3,11-12H2,1-2H3/t14-/m0/s1. The SMILES string of the molecule is CC[C@H]1COC(c2cccn2Cc2ccccc2OC)=N1. The maximum absolute atomic E-state index is 5.73. The van der Waals surface area contributed by atoms with E-state index in [-0.39, 0.29) is 6.04 Å². The second kappa shape index (κ2) is 6.04. The van der Waals surface area contributed by atoms with Crippen LogP contribution in [0.25, 0.3) is 0 Å².